The zero-order chi connectivity index (χ0) is 24.8. The molecule has 0 saturated heterocycles. The van der Waals surface area contributed by atoms with Crippen molar-refractivity contribution in [2.75, 3.05) is 0 Å². The number of allylic oxidation sites excluding steroid dienone is 4. The highest BCUT2D eigenvalue weighted by Crippen LogP contribution is 2.39. The highest BCUT2D eigenvalue weighted by molar-refractivity contribution is 6.82. The second-order valence-electron chi connectivity index (χ2n) is 10.1. The van der Waals surface area contributed by atoms with Gasteiger partial charge in [-0.2, -0.15) is 0 Å². The summed E-state index contributed by atoms with van der Waals surface area (Å²) >= 11 is 0. The van der Waals surface area contributed by atoms with E-state index in [2.05, 4.69) is 38.3 Å². The third-order valence-corrected chi connectivity index (χ3v) is 11.8. The Morgan fingerprint density at radius 2 is 1.06 bits per heavy atom. The van der Waals surface area contributed by atoms with E-state index in [1.807, 2.05) is 60.7 Å². The van der Waals surface area contributed by atoms with Crippen LogP contribution < -0.4 is 8.85 Å². The van der Waals surface area contributed by atoms with Gasteiger partial charge in [-0.05, 0) is 88.8 Å². The number of phenols is 2. The first-order chi connectivity index (χ1) is 16.6. The average Bonchev–Trinajstić information content (AvgIpc) is 3.32. The monoisotopic (exact) mass is 498 g/mol. The van der Waals surface area contributed by atoms with E-state index in [4.69, 9.17) is 8.85 Å². The Kier molecular flexibility index (Phi) is 5.73. The number of benzene rings is 4. The normalized spacial score (nSPS) is 14.2. The molecule has 4 aromatic rings. The van der Waals surface area contributed by atoms with E-state index < -0.39 is 16.6 Å². The van der Waals surface area contributed by atoms with Crippen LogP contribution in [0.1, 0.15) is 6.42 Å². The topological polar surface area (TPSA) is 58.9 Å². The molecule has 4 nitrogen and oxygen atoms in total. The smallest absolute Gasteiger partial charge is 0.276 e. The van der Waals surface area contributed by atoms with Gasteiger partial charge in [0.05, 0.1) is 0 Å². The van der Waals surface area contributed by atoms with Gasteiger partial charge in [0.1, 0.15) is 11.5 Å². The molecule has 2 N–H and O–H groups in total. The van der Waals surface area contributed by atoms with Gasteiger partial charge in [0.15, 0.2) is 11.5 Å². The largest absolute Gasteiger partial charge is 0.537 e. The van der Waals surface area contributed by atoms with Crippen LogP contribution in [-0.4, -0.2) is 26.8 Å². The van der Waals surface area contributed by atoms with Crippen LogP contribution in [-0.2, 0) is 0 Å². The molecule has 0 radical (unpaired) electrons. The van der Waals surface area contributed by atoms with E-state index in [9.17, 15) is 10.2 Å². The van der Waals surface area contributed by atoms with Crippen molar-refractivity contribution in [1.29, 1.82) is 0 Å². The molecular formula is C29H30O4Si2. The maximum Gasteiger partial charge on any atom is 0.276 e. The first-order valence-electron chi connectivity index (χ1n) is 11.9. The lowest BCUT2D eigenvalue weighted by Gasteiger charge is -2.27. The third-order valence-electron chi connectivity index (χ3n) is 6.72. The molecule has 35 heavy (non-hydrogen) atoms. The Balaban J connectivity index is 1.37. The molecule has 178 valence electrons. The van der Waals surface area contributed by atoms with E-state index >= 15 is 0 Å². The first-order valence-corrected chi connectivity index (χ1v) is 17.7. The number of hydrogen-bond donors (Lipinski definition) is 2. The van der Waals surface area contributed by atoms with Crippen LogP contribution in [0.4, 0.5) is 0 Å². The second kappa shape index (κ2) is 8.62. The molecule has 0 saturated carbocycles. The predicted molar refractivity (Wildman–Crippen MR) is 148 cm³/mol. The zero-order valence-corrected chi connectivity index (χ0v) is 22.5. The lowest BCUT2D eigenvalue weighted by atomic mass is 10.1. The summed E-state index contributed by atoms with van der Waals surface area (Å²) in [7, 11) is -4.67. The van der Waals surface area contributed by atoms with Crippen molar-refractivity contribution < 1.29 is 19.1 Å². The minimum Gasteiger partial charge on any atom is -0.537 e. The van der Waals surface area contributed by atoms with Gasteiger partial charge in [0.2, 0.25) is 0 Å². The summed E-state index contributed by atoms with van der Waals surface area (Å²) in [6.07, 6.45) is 5.28. The fourth-order valence-electron chi connectivity index (χ4n) is 4.62. The number of fused-ring (bicyclic) bond motifs is 2. The summed E-state index contributed by atoms with van der Waals surface area (Å²) in [5.41, 5.74) is 0. The van der Waals surface area contributed by atoms with E-state index in [0.717, 1.165) is 28.0 Å². The Bertz CT molecular complexity index is 1500. The van der Waals surface area contributed by atoms with Crippen LogP contribution >= 0.6 is 0 Å². The molecule has 1 aliphatic carbocycles. The fraction of sp³-hybridized carbons (Fsp3) is 0.172. The highest BCUT2D eigenvalue weighted by atomic mass is 28.4. The number of aromatic hydroxyl groups is 2. The zero-order valence-electron chi connectivity index (χ0n) is 20.5. The molecule has 0 unspecified atom stereocenters. The molecule has 4 aromatic carbocycles. The van der Waals surface area contributed by atoms with Crippen LogP contribution in [0.25, 0.3) is 21.5 Å². The van der Waals surface area contributed by atoms with E-state index in [0.29, 0.717) is 11.5 Å². The Morgan fingerprint density at radius 1 is 0.629 bits per heavy atom. The molecule has 1 aliphatic rings. The van der Waals surface area contributed by atoms with Gasteiger partial charge < -0.3 is 19.1 Å². The molecule has 5 rings (SSSR count). The summed E-state index contributed by atoms with van der Waals surface area (Å²) in [5.74, 6) is 1.39. The highest BCUT2D eigenvalue weighted by Gasteiger charge is 2.37. The molecule has 0 heterocycles. The quantitative estimate of drug-likeness (QED) is 0.269. The molecule has 0 aliphatic heterocycles. The molecule has 0 spiro atoms. The summed E-state index contributed by atoms with van der Waals surface area (Å²) < 4.78 is 13.0. The van der Waals surface area contributed by atoms with Gasteiger partial charge in [0.25, 0.3) is 16.6 Å². The summed E-state index contributed by atoms with van der Waals surface area (Å²) in [5, 5.41) is 27.7. The van der Waals surface area contributed by atoms with E-state index in [1.54, 1.807) is 12.1 Å². The van der Waals surface area contributed by atoms with Gasteiger partial charge in [-0.1, -0.05) is 60.7 Å². The van der Waals surface area contributed by atoms with E-state index in [-0.39, 0.29) is 11.5 Å². The summed E-state index contributed by atoms with van der Waals surface area (Å²) in [6.45, 7) is 8.62. The first kappa shape index (κ1) is 23.3. The van der Waals surface area contributed by atoms with E-state index in [1.165, 1.54) is 10.4 Å². The summed E-state index contributed by atoms with van der Waals surface area (Å²) in [4.78, 5) is 0. The Morgan fingerprint density at radius 3 is 1.54 bits per heavy atom. The number of rotatable bonds is 6. The average molecular weight is 499 g/mol. The van der Waals surface area contributed by atoms with Crippen LogP contribution in [0.15, 0.2) is 95.3 Å². The number of phenolic OH excluding ortho intramolecular Hbond substituents is 2. The molecular weight excluding hydrogens is 468 g/mol. The van der Waals surface area contributed by atoms with Crippen molar-refractivity contribution in [3.05, 3.63) is 95.3 Å². The van der Waals surface area contributed by atoms with Crippen LogP contribution in [0.5, 0.6) is 23.0 Å². The van der Waals surface area contributed by atoms with Crippen LogP contribution in [0.3, 0.4) is 0 Å². The predicted octanol–water partition coefficient (Wildman–Crippen LogP) is 7.61. The van der Waals surface area contributed by atoms with Crippen LogP contribution in [0, 0.1) is 0 Å². The van der Waals surface area contributed by atoms with Crippen molar-refractivity contribution in [2.45, 2.75) is 32.6 Å². The standard InChI is InChI=1S/C29H30O4Si2/c1-34(2,32-28-17-22-11-7-5-9-20(22)15-26(28)30)24-13-14-25(19-24)35(3,4)33-29-18-23-12-8-6-10-21(23)16-27(29)31/h5-13,15-19,30-31H,14H2,1-4H3. The van der Waals surface area contributed by atoms with Gasteiger partial charge in [-0.15, -0.1) is 0 Å². The second-order valence-corrected chi connectivity index (χ2v) is 17.8. The van der Waals surface area contributed by atoms with Gasteiger partial charge in [-0.25, -0.2) is 0 Å². The van der Waals surface area contributed by atoms with Crippen molar-refractivity contribution in [2.24, 2.45) is 0 Å². The van der Waals surface area contributed by atoms with Crippen molar-refractivity contribution in [3.63, 3.8) is 0 Å². The molecule has 0 atom stereocenters. The number of hydrogen-bond acceptors (Lipinski definition) is 4. The van der Waals surface area contributed by atoms with Gasteiger partial charge >= 0.3 is 0 Å². The Hall–Kier alpha value is -3.49. The molecule has 0 bridgehead atoms. The molecule has 0 aromatic heterocycles. The minimum atomic E-state index is -2.35. The van der Waals surface area contributed by atoms with Gasteiger partial charge in [-0.3, -0.25) is 0 Å². The maximum atomic E-state index is 10.6. The fourth-order valence-corrected chi connectivity index (χ4v) is 8.65. The molecule has 0 amide bonds. The third kappa shape index (κ3) is 4.59. The van der Waals surface area contributed by atoms with Crippen molar-refractivity contribution in [1.82, 2.24) is 0 Å². The maximum absolute atomic E-state index is 10.6. The Labute approximate surface area is 208 Å². The molecule has 6 heteroatoms. The van der Waals surface area contributed by atoms with Crippen LogP contribution in [0.2, 0.25) is 26.2 Å². The SMILES string of the molecule is C[Si](C)(Oc1cc2ccccc2cc1O)C1=CCC([Si](C)(C)Oc2cc3ccccc3cc2O)=C1. The lowest BCUT2D eigenvalue weighted by Crippen LogP contribution is -2.38. The summed E-state index contributed by atoms with van der Waals surface area (Å²) in [6, 6.07) is 23.3. The van der Waals surface area contributed by atoms with Crippen molar-refractivity contribution in [3.8, 4) is 23.0 Å². The minimum absolute atomic E-state index is 0.164. The lowest BCUT2D eigenvalue weighted by molar-refractivity contribution is 0.437. The van der Waals surface area contributed by atoms with Gasteiger partial charge in [0, 0.05) is 0 Å². The molecule has 0 fully saturated rings. The van der Waals surface area contributed by atoms with Crippen molar-refractivity contribution >= 4 is 38.2 Å².